The second-order valence-electron chi connectivity index (χ2n) is 3.20. The fourth-order valence-corrected chi connectivity index (χ4v) is 1.14. The lowest BCUT2D eigenvalue weighted by atomic mass is 10.1. The molecule has 0 aromatic heterocycles. The third-order valence-corrected chi connectivity index (χ3v) is 2.08. The first-order valence-electron chi connectivity index (χ1n) is 4.80. The molecule has 1 unspecified atom stereocenters. The van der Waals surface area contributed by atoms with E-state index in [1.165, 1.54) is 0 Å². The standard InChI is InChI=1S/C10H18N2O2/c1-4-9(8-11)10(13)12(2)6-5-7-14-3/h9H,4-7H2,1-3H3. The van der Waals surface area contributed by atoms with E-state index < -0.39 is 5.92 Å². The van der Waals surface area contributed by atoms with Crippen molar-refractivity contribution in [3.8, 4) is 6.07 Å². The highest BCUT2D eigenvalue weighted by molar-refractivity contribution is 5.80. The smallest absolute Gasteiger partial charge is 0.239 e. The number of ether oxygens (including phenoxy) is 1. The Balaban J connectivity index is 3.92. The molecule has 0 rings (SSSR count). The third kappa shape index (κ3) is 4.24. The van der Waals surface area contributed by atoms with Gasteiger partial charge in [0.1, 0.15) is 5.92 Å². The molecule has 1 amide bonds. The van der Waals surface area contributed by atoms with E-state index in [2.05, 4.69) is 0 Å². The molecule has 4 nitrogen and oxygen atoms in total. The van der Waals surface area contributed by atoms with Crippen molar-refractivity contribution in [1.29, 1.82) is 5.26 Å². The van der Waals surface area contributed by atoms with Crippen molar-refractivity contribution in [3.05, 3.63) is 0 Å². The first kappa shape index (κ1) is 12.9. The third-order valence-electron chi connectivity index (χ3n) is 2.08. The van der Waals surface area contributed by atoms with Crippen LogP contribution in [-0.4, -0.2) is 38.1 Å². The Morgan fingerprint density at radius 1 is 1.64 bits per heavy atom. The van der Waals surface area contributed by atoms with Gasteiger partial charge in [0.25, 0.3) is 0 Å². The summed E-state index contributed by atoms with van der Waals surface area (Å²) in [6, 6.07) is 2.00. The van der Waals surface area contributed by atoms with Crippen LogP contribution in [0.3, 0.4) is 0 Å². The van der Waals surface area contributed by atoms with Crippen molar-refractivity contribution < 1.29 is 9.53 Å². The molecular formula is C10H18N2O2. The number of hydrogen-bond donors (Lipinski definition) is 0. The summed E-state index contributed by atoms with van der Waals surface area (Å²) >= 11 is 0. The van der Waals surface area contributed by atoms with Crippen molar-refractivity contribution in [2.45, 2.75) is 19.8 Å². The molecule has 0 heterocycles. The van der Waals surface area contributed by atoms with Crippen molar-refractivity contribution in [2.75, 3.05) is 27.3 Å². The van der Waals surface area contributed by atoms with E-state index in [-0.39, 0.29) is 5.91 Å². The molecule has 0 fully saturated rings. The second-order valence-corrected chi connectivity index (χ2v) is 3.20. The topological polar surface area (TPSA) is 53.3 Å². The van der Waals surface area contributed by atoms with E-state index in [4.69, 9.17) is 10.00 Å². The van der Waals surface area contributed by atoms with Gasteiger partial charge in [-0.05, 0) is 12.8 Å². The molecular weight excluding hydrogens is 180 g/mol. The van der Waals surface area contributed by atoms with Gasteiger partial charge in [0.05, 0.1) is 6.07 Å². The van der Waals surface area contributed by atoms with Gasteiger partial charge in [-0.2, -0.15) is 5.26 Å². The highest BCUT2D eigenvalue weighted by atomic mass is 16.5. The summed E-state index contributed by atoms with van der Waals surface area (Å²) in [6.07, 6.45) is 1.38. The van der Waals surface area contributed by atoms with Crippen LogP contribution in [0, 0.1) is 17.2 Å². The molecule has 0 aliphatic carbocycles. The van der Waals surface area contributed by atoms with Gasteiger partial charge in [-0.3, -0.25) is 4.79 Å². The Kier molecular flexibility index (Phi) is 6.77. The average molecular weight is 198 g/mol. The zero-order chi connectivity index (χ0) is 11.0. The lowest BCUT2D eigenvalue weighted by molar-refractivity contribution is -0.132. The maximum Gasteiger partial charge on any atom is 0.239 e. The second kappa shape index (κ2) is 7.34. The van der Waals surface area contributed by atoms with E-state index in [1.807, 2.05) is 13.0 Å². The predicted molar refractivity (Wildman–Crippen MR) is 53.5 cm³/mol. The summed E-state index contributed by atoms with van der Waals surface area (Å²) in [4.78, 5) is 13.2. The first-order valence-corrected chi connectivity index (χ1v) is 4.80. The summed E-state index contributed by atoms with van der Waals surface area (Å²) in [6.45, 7) is 3.13. The molecule has 0 saturated heterocycles. The van der Waals surface area contributed by atoms with Crippen LogP contribution in [0.15, 0.2) is 0 Å². The van der Waals surface area contributed by atoms with Crippen LogP contribution < -0.4 is 0 Å². The zero-order valence-electron chi connectivity index (χ0n) is 9.12. The number of carbonyl (C=O) groups excluding carboxylic acids is 1. The number of rotatable bonds is 6. The number of nitrogens with zero attached hydrogens (tertiary/aromatic N) is 2. The predicted octanol–water partition coefficient (Wildman–Crippen LogP) is 1.03. The van der Waals surface area contributed by atoms with E-state index in [0.29, 0.717) is 19.6 Å². The van der Waals surface area contributed by atoms with Crippen LogP contribution in [0.5, 0.6) is 0 Å². The van der Waals surface area contributed by atoms with Gasteiger partial charge in [-0.15, -0.1) is 0 Å². The zero-order valence-corrected chi connectivity index (χ0v) is 9.12. The molecule has 1 atom stereocenters. The fraction of sp³-hybridized carbons (Fsp3) is 0.800. The molecule has 0 spiro atoms. The average Bonchev–Trinajstić information content (AvgIpc) is 2.19. The minimum atomic E-state index is -0.498. The summed E-state index contributed by atoms with van der Waals surface area (Å²) in [5, 5.41) is 8.69. The Bertz CT molecular complexity index is 211. The van der Waals surface area contributed by atoms with Gasteiger partial charge >= 0.3 is 0 Å². The van der Waals surface area contributed by atoms with Crippen molar-refractivity contribution >= 4 is 5.91 Å². The molecule has 0 N–H and O–H groups in total. The Morgan fingerprint density at radius 3 is 2.71 bits per heavy atom. The number of methoxy groups -OCH3 is 1. The van der Waals surface area contributed by atoms with Crippen LogP contribution in [0.1, 0.15) is 19.8 Å². The van der Waals surface area contributed by atoms with Gasteiger partial charge in [0.2, 0.25) is 5.91 Å². The Hall–Kier alpha value is -1.08. The highest BCUT2D eigenvalue weighted by Crippen LogP contribution is 2.05. The Morgan fingerprint density at radius 2 is 2.29 bits per heavy atom. The number of amides is 1. The lowest BCUT2D eigenvalue weighted by Crippen LogP contribution is -2.33. The van der Waals surface area contributed by atoms with Crippen LogP contribution in [0.4, 0.5) is 0 Å². The van der Waals surface area contributed by atoms with E-state index >= 15 is 0 Å². The van der Waals surface area contributed by atoms with Gasteiger partial charge < -0.3 is 9.64 Å². The number of nitriles is 1. The summed E-state index contributed by atoms with van der Waals surface area (Å²) in [5.74, 6) is -0.589. The molecule has 0 saturated carbocycles. The summed E-state index contributed by atoms with van der Waals surface area (Å²) in [7, 11) is 3.35. The normalized spacial score (nSPS) is 11.9. The maximum absolute atomic E-state index is 11.6. The fourth-order valence-electron chi connectivity index (χ4n) is 1.14. The molecule has 0 aromatic rings. The van der Waals surface area contributed by atoms with E-state index in [0.717, 1.165) is 6.42 Å². The van der Waals surface area contributed by atoms with Crippen LogP contribution in [0.2, 0.25) is 0 Å². The van der Waals surface area contributed by atoms with Crippen LogP contribution in [0.25, 0.3) is 0 Å². The first-order chi connectivity index (χ1) is 6.67. The molecule has 0 radical (unpaired) electrons. The maximum atomic E-state index is 11.6. The van der Waals surface area contributed by atoms with Crippen molar-refractivity contribution in [1.82, 2.24) is 4.90 Å². The minimum absolute atomic E-state index is 0.0916. The summed E-state index contributed by atoms with van der Waals surface area (Å²) in [5.41, 5.74) is 0. The summed E-state index contributed by atoms with van der Waals surface area (Å²) < 4.78 is 4.88. The SMILES string of the molecule is CCC(C#N)C(=O)N(C)CCCOC. The molecule has 0 bridgehead atoms. The minimum Gasteiger partial charge on any atom is -0.385 e. The molecule has 0 aliphatic heterocycles. The largest absolute Gasteiger partial charge is 0.385 e. The number of hydrogen-bond acceptors (Lipinski definition) is 3. The van der Waals surface area contributed by atoms with Crippen molar-refractivity contribution in [3.63, 3.8) is 0 Å². The van der Waals surface area contributed by atoms with E-state index in [9.17, 15) is 4.79 Å². The lowest BCUT2D eigenvalue weighted by Gasteiger charge is -2.18. The van der Waals surface area contributed by atoms with Gasteiger partial charge in [-0.25, -0.2) is 0 Å². The molecule has 0 aromatic carbocycles. The van der Waals surface area contributed by atoms with Gasteiger partial charge in [-0.1, -0.05) is 6.92 Å². The monoisotopic (exact) mass is 198 g/mol. The van der Waals surface area contributed by atoms with Crippen LogP contribution in [-0.2, 0) is 9.53 Å². The molecule has 4 heteroatoms. The van der Waals surface area contributed by atoms with E-state index in [1.54, 1.807) is 19.1 Å². The van der Waals surface area contributed by atoms with Gasteiger partial charge in [0.15, 0.2) is 0 Å². The van der Waals surface area contributed by atoms with Crippen LogP contribution >= 0.6 is 0 Å². The quantitative estimate of drug-likeness (QED) is 0.599. The van der Waals surface area contributed by atoms with Gasteiger partial charge in [0, 0.05) is 27.3 Å². The number of carbonyl (C=O) groups is 1. The molecule has 14 heavy (non-hydrogen) atoms. The molecule has 0 aliphatic rings. The van der Waals surface area contributed by atoms with Crippen molar-refractivity contribution in [2.24, 2.45) is 5.92 Å². The highest BCUT2D eigenvalue weighted by Gasteiger charge is 2.18. The Labute approximate surface area is 85.5 Å². The molecule has 80 valence electrons.